The first kappa shape index (κ1) is 7.67. The van der Waals surface area contributed by atoms with Gasteiger partial charge >= 0.3 is 0 Å². The Bertz CT molecular complexity index is 237. The van der Waals surface area contributed by atoms with Gasteiger partial charge in [-0.05, 0) is 0 Å². The molecule has 6 heteroatoms. The molecular formula is C4H9N3O2S. The van der Waals surface area contributed by atoms with Crippen LogP contribution >= 0.6 is 0 Å². The first-order valence-electron chi connectivity index (χ1n) is 2.90. The zero-order chi connectivity index (χ0) is 7.56. The van der Waals surface area contributed by atoms with Gasteiger partial charge in [0.25, 0.3) is 0 Å². The van der Waals surface area contributed by atoms with Crippen molar-refractivity contribution >= 4 is 15.3 Å². The molecule has 3 N–H and O–H groups in total. The third-order valence-corrected chi connectivity index (χ3v) is 2.08. The Morgan fingerprint density at radius 3 is 2.70 bits per heavy atom. The Morgan fingerprint density at radius 2 is 2.30 bits per heavy atom. The van der Waals surface area contributed by atoms with E-state index in [9.17, 15) is 8.42 Å². The van der Waals surface area contributed by atoms with E-state index in [0.717, 1.165) is 6.54 Å². The Morgan fingerprint density at radius 1 is 1.60 bits per heavy atom. The number of hydrazine groups is 1. The number of nitrogens with two attached hydrogens (primary N) is 1. The maximum absolute atomic E-state index is 10.4. The molecule has 10 heavy (non-hydrogen) atoms. The summed E-state index contributed by atoms with van der Waals surface area (Å²) in [7, 11) is -2.18. The second kappa shape index (κ2) is 3.11. The van der Waals surface area contributed by atoms with Crippen LogP contribution in [0.4, 0.5) is 0 Å². The predicted molar refractivity (Wildman–Crippen MR) is 37.7 cm³/mol. The van der Waals surface area contributed by atoms with E-state index in [-0.39, 0.29) is 4.99 Å². The molecule has 0 spiro atoms. The lowest BCUT2D eigenvalue weighted by molar-refractivity contribution is 0.402. The lowest BCUT2D eigenvalue weighted by Gasteiger charge is -2.21. The fourth-order valence-corrected chi connectivity index (χ4v) is 1.28. The van der Waals surface area contributed by atoms with Crippen molar-refractivity contribution < 1.29 is 8.42 Å². The summed E-state index contributed by atoms with van der Waals surface area (Å²) in [6, 6.07) is 0. The number of nitrogens with zero attached hydrogens (tertiary/aromatic N) is 1. The topological polar surface area (TPSA) is 75.4 Å². The normalized spacial score (nSPS) is 21.1. The highest BCUT2D eigenvalue weighted by atomic mass is 32.2. The molecular weight excluding hydrogens is 154 g/mol. The second-order valence-electron chi connectivity index (χ2n) is 2.00. The highest BCUT2D eigenvalue weighted by molar-refractivity contribution is 7.72. The SMILES string of the molecule is NN1CCNCC1=S(=O)=O. The van der Waals surface area contributed by atoms with Crippen LogP contribution in [0.1, 0.15) is 0 Å². The van der Waals surface area contributed by atoms with Crippen LogP contribution in [0, 0.1) is 0 Å². The smallest absolute Gasteiger partial charge is 0.231 e. The van der Waals surface area contributed by atoms with Crippen molar-refractivity contribution in [2.24, 2.45) is 5.84 Å². The molecule has 1 aliphatic rings. The molecule has 1 fully saturated rings. The first-order valence-corrected chi connectivity index (χ1v) is 3.97. The van der Waals surface area contributed by atoms with Crippen molar-refractivity contribution in [3.63, 3.8) is 0 Å². The molecule has 58 valence electrons. The highest BCUT2D eigenvalue weighted by Gasteiger charge is 2.13. The van der Waals surface area contributed by atoms with Crippen LogP contribution < -0.4 is 11.2 Å². The zero-order valence-corrected chi connectivity index (χ0v) is 6.19. The highest BCUT2D eigenvalue weighted by Crippen LogP contribution is 1.85. The average Bonchev–Trinajstić information content (AvgIpc) is 1.88. The van der Waals surface area contributed by atoms with Crippen LogP contribution in [0.15, 0.2) is 0 Å². The van der Waals surface area contributed by atoms with Gasteiger partial charge in [0.05, 0.1) is 0 Å². The summed E-state index contributed by atoms with van der Waals surface area (Å²) < 4.78 is 20.7. The summed E-state index contributed by atoms with van der Waals surface area (Å²) in [5.41, 5.74) is 0. The summed E-state index contributed by atoms with van der Waals surface area (Å²) in [5, 5.41) is 4.14. The molecule has 1 rings (SSSR count). The van der Waals surface area contributed by atoms with Crippen LogP contribution in [0.25, 0.3) is 0 Å². The Labute approximate surface area is 60.3 Å². The maximum Gasteiger partial charge on any atom is 0.231 e. The maximum atomic E-state index is 10.4. The molecule has 0 amide bonds. The average molecular weight is 163 g/mol. The molecule has 0 radical (unpaired) electrons. The molecule has 0 bridgehead atoms. The monoisotopic (exact) mass is 163 g/mol. The van der Waals surface area contributed by atoms with Crippen LogP contribution in [0.3, 0.4) is 0 Å². The van der Waals surface area contributed by atoms with E-state index >= 15 is 0 Å². The van der Waals surface area contributed by atoms with Crippen molar-refractivity contribution in [2.75, 3.05) is 19.6 Å². The molecule has 1 heterocycles. The third-order valence-electron chi connectivity index (χ3n) is 1.32. The fourth-order valence-electron chi connectivity index (χ4n) is 0.776. The number of nitrogens with one attached hydrogen (secondary N) is 1. The first-order chi connectivity index (χ1) is 4.72. The molecule has 1 aliphatic heterocycles. The minimum Gasteiger partial charge on any atom is -0.309 e. The van der Waals surface area contributed by atoms with Gasteiger partial charge in [0.2, 0.25) is 10.3 Å². The molecule has 0 unspecified atom stereocenters. The molecule has 0 atom stereocenters. The molecule has 1 saturated heterocycles. The van der Waals surface area contributed by atoms with Gasteiger partial charge in [-0.2, -0.15) is 8.42 Å². The minimum atomic E-state index is -2.18. The van der Waals surface area contributed by atoms with E-state index in [1.807, 2.05) is 0 Å². The van der Waals surface area contributed by atoms with E-state index in [1.165, 1.54) is 5.01 Å². The van der Waals surface area contributed by atoms with Crippen LogP contribution in [0.2, 0.25) is 0 Å². The summed E-state index contributed by atoms with van der Waals surface area (Å²) in [5.74, 6) is 5.34. The second-order valence-corrected chi connectivity index (χ2v) is 2.94. The third kappa shape index (κ3) is 1.54. The van der Waals surface area contributed by atoms with Crippen molar-refractivity contribution in [3.8, 4) is 0 Å². The van der Waals surface area contributed by atoms with E-state index in [2.05, 4.69) is 5.32 Å². The van der Waals surface area contributed by atoms with Gasteiger partial charge in [-0.1, -0.05) is 0 Å². The van der Waals surface area contributed by atoms with Crippen molar-refractivity contribution in [2.45, 2.75) is 0 Å². The summed E-state index contributed by atoms with van der Waals surface area (Å²) >= 11 is 0. The van der Waals surface area contributed by atoms with E-state index in [1.54, 1.807) is 0 Å². The minimum absolute atomic E-state index is 0.228. The lowest BCUT2D eigenvalue weighted by Crippen LogP contribution is -2.51. The van der Waals surface area contributed by atoms with Crippen molar-refractivity contribution in [3.05, 3.63) is 0 Å². The Hall–Kier alpha value is -0.430. The van der Waals surface area contributed by atoms with Gasteiger partial charge in [0, 0.05) is 19.6 Å². The molecule has 0 aliphatic carbocycles. The zero-order valence-electron chi connectivity index (χ0n) is 5.37. The molecule has 0 aromatic heterocycles. The summed E-state index contributed by atoms with van der Waals surface area (Å²) in [6.07, 6.45) is 0. The van der Waals surface area contributed by atoms with Gasteiger partial charge in [-0.15, -0.1) is 0 Å². The van der Waals surface area contributed by atoms with E-state index in [0.29, 0.717) is 13.1 Å². The van der Waals surface area contributed by atoms with Gasteiger partial charge in [-0.3, -0.25) is 5.84 Å². The molecule has 0 saturated carbocycles. The predicted octanol–water partition coefficient (Wildman–Crippen LogP) is -2.23. The summed E-state index contributed by atoms with van der Waals surface area (Å²) in [6.45, 7) is 1.62. The number of rotatable bonds is 0. The Kier molecular flexibility index (Phi) is 2.39. The number of piperazine rings is 1. The van der Waals surface area contributed by atoms with Gasteiger partial charge < -0.3 is 5.32 Å². The van der Waals surface area contributed by atoms with Crippen LogP contribution in [-0.4, -0.2) is 38.0 Å². The van der Waals surface area contributed by atoms with Gasteiger partial charge in [-0.25, -0.2) is 5.01 Å². The largest absolute Gasteiger partial charge is 0.309 e. The number of hydrogen-bond donors (Lipinski definition) is 2. The van der Waals surface area contributed by atoms with E-state index < -0.39 is 10.3 Å². The molecule has 0 aromatic carbocycles. The molecule has 5 nitrogen and oxygen atoms in total. The van der Waals surface area contributed by atoms with Crippen LogP contribution in [0.5, 0.6) is 0 Å². The quantitative estimate of drug-likeness (QED) is 0.312. The Balaban J connectivity index is 2.86. The van der Waals surface area contributed by atoms with Crippen molar-refractivity contribution in [1.29, 1.82) is 0 Å². The van der Waals surface area contributed by atoms with Gasteiger partial charge in [0.1, 0.15) is 4.99 Å². The van der Waals surface area contributed by atoms with Gasteiger partial charge in [0.15, 0.2) is 0 Å². The number of hydrogen-bond acceptors (Lipinski definition) is 4. The lowest BCUT2D eigenvalue weighted by atomic mass is 10.4. The van der Waals surface area contributed by atoms with Crippen LogP contribution in [-0.2, 0) is 10.3 Å². The molecule has 0 aromatic rings. The summed E-state index contributed by atoms with van der Waals surface area (Å²) in [4.78, 5) is 0.228. The standard InChI is InChI=1S/C4H9N3O2S/c5-7-2-1-6-3-4(7)10(8)9/h6H,1-3,5H2. The van der Waals surface area contributed by atoms with Crippen molar-refractivity contribution in [1.82, 2.24) is 10.3 Å². The fraction of sp³-hybridized carbons (Fsp3) is 0.750. The van der Waals surface area contributed by atoms with E-state index in [4.69, 9.17) is 5.84 Å².